The van der Waals surface area contributed by atoms with E-state index in [-0.39, 0.29) is 0 Å². The molecule has 176 valence electrons. The second-order valence-corrected chi connectivity index (χ2v) is 6.89. The SMILES string of the molecule is CCC(C)C(NC(=O)C(CO)NC(=O)C(N)CC(N)=O)C(=O)NC(CC(=O)O)C(=O)O. The van der Waals surface area contributed by atoms with Gasteiger partial charge in [-0.15, -0.1) is 0 Å². The highest BCUT2D eigenvalue weighted by Crippen LogP contribution is 2.09. The Balaban J connectivity index is 5.35. The number of carbonyl (C=O) groups is 6. The maximum atomic E-state index is 12.5. The van der Waals surface area contributed by atoms with Crippen molar-refractivity contribution in [2.75, 3.05) is 6.61 Å². The summed E-state index contributed by atoms with van der Waals surface area (Å²) in [4.78, 5) is 69.8. The number of nitrogens with two attached hydrogens (primary N) is 2. The first-order chi connectivity index (χ1) is 14.3. The Kier molecular flexibility index (Phi) is 11.7. The van der Waals surface area contributed by atoms with Gasteiger partial charge < -0.3 is 42.7 Å². The number of amides is 4. The summed E-state index contributed by atoms with van der Waals surface area (Å²) in [7, 11) is 0. The third-order valence-electron chi connectivity index (χ3n) is 4.36. The minimum atomic E-state index is -1.73. The Hall–Kier alpha value is -3.26. The van der Waals surface area contributed by atoms with E-state index in [1.807, 2.05) is 0 Å². The van der Waals surface area contributed by atoms with Crippen LogP contribution in [0.3, 0.4) is 0 Å². The van der Waals surface area contributed by atoms with Crippen LogP contribution in [-0.4, -0.2) is 81.7 Å². The fourth-order valence-corrected chi connectivity index (χ4v) is 2.37. The lowest BCUT2D eigenvalue weighted by atomic mass is 9.97. The predicted octanol–water partition coefficient (Wildman–Crippen LogP) is -3.76. The van der Waals surface area contributed by atoms with E-state index in [4.69, 9.17) is 21.7 Å². The molecule has 0 aromatic heterocycles. The van der Waals surface area contributed by atoms with Crippen molar-refractivity contribution in [2.45, 2.75) is 57.3 Å². The normalized spacial score (nSPS) is 15.5. The average Bonchev–Trinajstić information content (AvgIpc) is 2.67. The number of aliphatic hydroxyl groups excluding tert-OH is 1. The second kappa shape index (κ2) is 13.1. The van der Waals surface area contributed by atoms with Crippen LogP contribution < -0.4 is 27.4 Å². The Morgan fingerprint density at radius 1 is 0.871 bits per heavy atom. The van der Waals surface area contributed by atoms with Crippen molar-refractivity contribution in [3.05, 3.63) is 0 Å². The van der Waals surface area contributed by atoms with Crippen molar-refractivity contribution in [3.63, 3.8) is 0 Å². The molecular formula is C17H29N5O9. The molecule has 0 bridgehead atoms. The van der Waals surface area contributed by atoms with Crippen LogP contribution in [-0.2, 0) is 28.8 Å². The average molecular weight is 447 g/mol. The molecule has 5 unspecified atom stereocenters. The smallest absolute Gasteiger partial charge is 0.326 e. The maximum absolute atomic E-state index is 12.5. The Bertz CT molecular complexity index is 699. The van der Waals surface area contributed by atoms with Crippen LogP contribution in [0.1, 0.15) is 33.1 Å². The fourth-order valence-electron chi connectivity index (χ4n) is 2.37. The number of carbonyl (C=O) groups excluding carboxylic acids is 4. The fraction of sp³-hybridized carbons (Fsp3) is 0.647. The highest BCUT2D eigenvalue weighted by atomic mass is 16.4. The van der Waals surface area contributed by atoms with Gasteiger partial charge in [-0.25, -0.2) is 4.79 Å². The van der Waals surface area contributed by atoms with Gasteiger partial charge in [0.15, 0.2) is 0 Å². The molecule has 4 amide bonds. The second-order valence-electron chi connectivity index (χ2n) is 6.89. The van der Waals surface area contributed by atoms with Crippen LogP contribution in [0, 0.1) is 5.92 Å². The van der Waals surface area contributed by atoms with Gasteiger partial charge in [0.25, 0.3) is 0 Å². The van der Waals surface area contributed by atoms with Gasteiger partial charge in [0.2, 0.25) is 23.6 Å². The number of primary amides is 1. The van der Waals surface area contributed by atoms with E-state index in [9.17, 15) is 33.9 Å². The molecular weight excluding hydrogens is 418 g/mol. The molecule has 0 saturated carbocycles. The van der Waals surface area contributed by atoms with Crippen molar-refractivity contribution in [3.8, 4) is 0 Å². The number of carboxylic acids is 2. The van der Waals surface area contributed by atoms with Crippen molar-refractivity contribution in [1.82, 2.24) is 16.0 Å². The van der Waals surface area contributed by atoms with Crippen LogP contribution in [0.2, 0.25) is 0 Å². The van der Waals surface area contributed by atoms with Crippen molar-refractivity contribution >= 4 is 35.6 Å². The lowest BCUT2D eigenvalue weighted by Gasteiger charge is -2.27. The van der Waals surface area contributed by atoms with Crippen LogP contribution >= 0.6 is 0 Å². The lowest BCUT2D eigenvalue weighted by molar-refractivity contribution is -0.147. The first-order valence-electron chi connectivity index (χ1n) is 9.34. The van der Waals surface area contributed by atoms with Gasteiger partial charge in [0.05, 0.1) is 25.5 Å². The summed E-state index contributed by atoms with van der Waals surface area (Å²) in [5.74, 6) is -7.27. The molecule has 0 spiro atoms. The Labute approximate surface area is 177 Å². The molecule has 0 radical (unpaired) electrons. The minimum absolute atomic E-state index is 0.370. The molecule has 5 atom stereocenters. The van der Waals surface area contributed by atoms with Crippen LogP contribution in [0.15, 0.2) is 0 Å². The molecule has 0 aromatic carbocycles. The van der Waals surface area contributed by atoms with Gasteiger partial charge in [-0.05, 0) is 5.92 Å². The highest BCUT2D eigenvalue weighted by Gasteiger charge is 2.33. The van der Waals surface area contributed by atoms with E-state index in [0.29, 0.717) is 6.42 Å². The van der Waals surface area contributed by atoms with Gasteiger partial charge >= 0.3 is 11.9 Å². The molecule has 0 aliphatic rings. The van der Waals surface area contributed by atoms with Crippen molar-refractivity contribution in [1.29, 1.82) is 0 Å². The van der Waals surface area contributed by atoms with Gasteiger partial charge in [-0.1, -0.05) is 20.3 Å². The van der Waals surface area contributed by atoms with Crippen LogP contribution in [0.5, 0.6) is 0 Å². The lowest BCUT2D eigenvalue weighted by Crippen LogP contribution is -2.59. The van der Waals surface area contributed by atoms with Crippen molar-refractivity contribution < 1.29 is 44.1 Å². The van der Waals surface area contributed by atoms with Crippen LogP contribution in [0.4, 0.5) is 0 Å². The number of aliphatic hydroxyl groups is 1. The zero-order valence-electron chi connectivity index (χ0n) is 17.2. The largest absolute Gasteiger partial charge is 0.481 e. The molecule has 14 nitrogen and oxygen atoms in total. The Morgan fingerprint density at radius 3 is 1.84 bits per heavy atom. The number of nitrogens with one attached hydrogen (secondary N) is 3. The zero-order chi connectivity index (χ0) is 24.3. The summed E-state index contributed by atoms with van der Waals surface area (Å²) in [6.45, 7) is 2.40. The molecule has 0 aromatic rings. The van der Waals surface area contributed by atoms with Gasteiger partial charge in [-0.2, -0.15) is 0 Å². The number of rotatable bonds is 14. The molecule has 0 heterocycles. The zero-order valence-corrected chi connectivity index (χ0v) is 17.2. The quantitative estimate of drug-likeness (QED) is 0.129. The highest BCUT2D eigenvalue weighted by molar-refractivity contribution is 5.95. The topological polar surface area (TPSA) is 251 Å². The summed E-state index contributed by atoms with van der Waals surface area (Å²) in [6.07, 6.45) is -1.01. The molecule has 0 aliphatic carbocycles. The first-order valence-corrected chi connectivity index (χ1v) is 9.34. The van der Waals surface area contributed by atoms with Gasteiger partial charge in [-0.3, -0.25) is 24.0 Å². The van der Waals surface area contributed by atoms with Crippen molar-refractivity contribution in [2.24, 2.45) is 17.4 Å². The molecule has 10 N–H and O–H groups in total. The molecule has 0 aliphatic heterocycles. The van der Waals surface area contributed by atoms with Gasteiger partial charge in [0.1, 0.15) is 18.1 Å². The third kappa shape index (κ3) is 9.86. The summed E-state index contributed by atoms with van der Waals surface area (Å²) in [5, 5.41) is 33.8. The summed E-state index contributed by atoms with van der Waals surface area (Å²) < 4.78 is 0. The number of hydrogen-bond acceptors (Lipinski definition) is 8. The number of hydrogen-bond donors (Lipinski definition) is 8. The van der Waals surface area contributed by atoms with E-state index in [1.54, 1.807) is 13.8 Å². The molecule has 31 heavy (non-hydrogen) atoms. The molecule has 0 fully saturated rings. The minimum Gasteiger partial charge on any atom is -0.481 e. The summed E-state index contributed by atoms with van der Waals surface area (Å²) in [6, 6.07) is -5.91. The predicted molar refractivity (Wildman–Crippen MR) is 104 cm³/mol. The standard InChI is InChI=1S/C17H29N5O9/c1-3-7(2)13(16(29)20-9(17(30)31)5-12(25)26)22-15(28)10(6-23)21-14(27)8(18)4-11(19)24/h7-10,13,23H,3-6,18H2,1-2H3,(H2,19,24)(H,20,29)(H,21,27)(H,22,28)(H,25,26)(H,30,31). The number of aliphatic carboxylic acids is 2. The molecule has 14 heteroatoms. The van der Waals surface area contributed by atoms with E-state index in [0.717, 1.165) is 0 Å². The number of carboxylic acid groups (broad SMARTS) is 2. The van der Waals surface area contributed by atoms with E-state index < -0.39 is 85.1 Å². The molecule has 0 saturated heterocycles. The van der Waals surface area contributed by atoms with E-state index >= 15 is 0 Å². The summed E-state index contributed by atoms with van der Waals surface area (Å²) in [5.41, 5.74) is 10.4. The Morgan fingerprint density at radius 2 is 1.42 bits per heavy atom. The van der Waals surface area contributed by atoms with Crippen LogP contribution in [0.25, 0.3) is 0 Å². The maximum Gasteiger partial charge on any atom is 0.326 e. The van der Waals surface area contributed by atoms with Gasteiger partial charge in [0, 0.05) is 0 Å². The van der Waals surface area contributed by atoms with E-state index in [1.165, 1.54) is 0 Å². The monoisotopic (exact) mass is 447 g/mol. The molecule has 0 rings (SSSR count). The first kappa shape index (κ1) is 27.7. The van der Waals surface area contributed by atoms with E-state index in [2.05, 4.69) is 16.0 Å². The third-order valence-corrected chi connectivity index (χ3v) is 4.36. The summed E-state index contributed by atoms with van der Waals surface area (Å²) >= 11 is 0.